The lowest BCUT2D eigenvalue weighted by atomic mass is 10.1. The van der Waals surface area contributed by atoms with E-state index < -0.39 is 0 Å². The fraction of sp³-hybridized carbons (Fsp3) is 0.200. The van der Waals surface area contributed by atoms with Crippen molar-refractivity contribution in [2.75, 3.05) is 12.8 Å². The van der Waals surface area contributed by atoms with E-state index >= 15 is 0 Å². The number of aryl methyl sites for hydroxylation is 1. The molecule has 0 spiro atoms. The number of nitrogens with zero attached hydrogens (tertiary/aromatic N) is 4. The lowest BCUT2D eigenvalue weighted by Gasteiger charge is -2.12. The fourth-order valence-electron chi connectivity index (χ4n) is 2.52. The zero-order valence-corrected chi connectivity index (χ0v) is 14.4. The summed E-state index contributed by atoms with van der Waals surface area (Å²) >= 11 is 3.32. The molecule has 2 N–H and O–H groups in total. The van der Waals surface area contributed by atoms with Crippen molar-refractivity contribution in [1.82, 2.24) is 19.5 Å². The molecular formula is C15H14BrN5O2. The van der Waals surface area contributed by atoms with Gasteiger partial charge in [-0.3, -0.25) is 14.3 Å². The van der Waals surface area contributed by atoms with Crippen LogP contribution in [-0.4, -0.2) is 32.5 Å². The lowest BCUT2D eigenvalue weighted by Crippen LogP contribution is -2.16. The summed E-state index contributed by atoms with van der Waals surface area (Å²) < 4.78 is 7.30. The zero-order valence-electron chi connectivity index (χ0n) is 12.8. The third-order valence-electron chi connectivity index (χ3n) is 3.58. The average molecular weight is 376 g/mol. The monoisotopic (exact) mass is 375 g/mol. The van der Waals surface area contributed by atoms with E-state index in [1.807, 2.05) is 6.92 Å². The van der Waals surface area contributed by atoms with Crippen LogP contribution in [0.4, 0.5) is 5.95 Å². The van der Waals surface area contributed by atoms with Crippen LogP contribution < -0.4 is 10.5 Å². The molecule has 0 saturated carbocycles. The zero-order chi connectivity index (χ0) is 16.7. The van der Waals surface area contributed by atoms with Crippen LogP contribution in [0.2, 0.25) is 0 Å². The van der Waals surface area contributed by atoms with Crippen molar-refractivity contribution in [2.24, 2.45) is 0 Å². The number of carbonyl (C=O) groups excluding carboxylic acids is 1. The summed E-state index contributed by atoms with van der Waals surface area (Å²) in [6, 6.07) is 1.75. The highest BCUT2D eigenvalue weighted by atomic mass is 79.9. The number of nitrogen functional groups attached to an aromatic ring is 1. The van der Waals surface area contributed by atoms with Crippen molar-refractivity contribution in [1.29, 1.82) is 0 Å². The molecule has 0 saturated heterocycles. The van der Waals surface area contributed by atoms with Crippen LogP contribution in [0.5, 0.6) is 5.75 Å². The third kappa shape index (κ3) is 2.44. The van der Waals surface area contributed by atoms with Crippen molar-refractivity contribution < 1.29 is 9.53 Å². The highest BCUT2D eigenvalue weighted by Crippen LogP contribution is 2.27. The van der Waals surface area contributed by atoms with Gasteiger partial charge in [0.1, 0.15) is 16.0 Å². The molecule has 8 heteroatoms. The second-order valence-electron chi connectivity index (χ2n) is 5.05. The molecular weight excluding hydrogens is 362 g/mol. The number of pyridine rings is 1. The summed E-state index contributed by atoms with van der Waals surface area (Å²) in [5.74, 6) is 0.430. The van der Waals surface area contributed by atoms with Gasteiger partial charge in [-0.05, 0) is 35.8 Å². The van der Waals surface area contributed by atoms with Gasteiger partial charge in [-0.15, -0.1) is 0 Å². The van der Waals surface area contributed by atoms with Gasteiger partial charge in [-0.2, -0.15) is 4.98 Å². The van der Waals surface area contributed by atoms with E-state index in [9.17, 15) is 4.79 Å². The number of aromatic nitrogens is 4. The largest absolute Gasteiger partial charge is 0.496 e. The predicted octanol–water partition coefficient (Wildman–Crippen LogP) is 2.48. The lowest BCUT2D eigenvalue weighted by molar-refractivity contribution is 0.0958. The predicted molar refractivity (Wildman–Crippen MR) is 89.6 cm³/mol. The molecule has 0 unspecified atom stereocenters. The maximum absolute atomic E-state index is 12.9. The Morgan fingerprint density at radius 3 is 2.78 bits per heavy atom. The van der Waals surface area contributed by atoms with E-state index in [1.54, 1.807) is 32.5 Å². The molecule has 23 heavy (non-hydrogen) atoms. The molecule has 0 bridgehead atoms. The summed E-state index contributed by atoms with van der Waals surface area (Å²) in [6.45, 7) is 3.68. The Kier molecular flexibility index (Phi) is 3.77. The molecule has 0 fully saturated rings. The number of carbonyl (C=O) groups is 1. The van der Waals surface area contributed by atoms with Gasteiger partial charge in [-0.25, -0.2) is 4.98 Å². The summed E-state index contributed by atoms with van der Waals surface area (Å²) in [6.07, 6.45) is 3.24. The molecule has 0 radical (unpaired) electrons. The molecule has 3 aromatic rings. The maximum atomic E-state index is 12.9. The fourth-order valence-corrected chi connectivity index (χ4v) is 3.01. The van der Waals surface area contributed by atoms with E-state index in [0.29, 0.717) is 32.6 Å². The molecule has 0 aliphatic heterocycles. The van der Waals surface area contributed by atoms with Gasteiger partial charge in [0.15, 0.2) is 5.65 Å². The van der Waals surface area contributed by atoms with Crippen LogP contribution in [0.1, 0.15) is 21.6 Å². The maximum Gasteiger partial charge on any atom is 0.282 e. The van der Waals surface area contributed by atoms with Crippen LogP contribution in [0.15, 0.2) is 23.1 Å². The van der Waals surface area contributed by atoms with Crippen LogP contribution in [0, 0.1) is 13.8 Å². The molecule has 0 amide bonds. The highest BCUT2D eigenvalue weighted by Gasteiger charge is 2.20. The van der Waals surface area contributed by atoms with Gasteiger partial charge in [0, 0.05) is 23.5 Å². The van der Waals surface area contributed by atoms with Crippen LogP contribution in [-0.2, 0) is 0 Å². The number of halogens is 1. The first kappa shape index (κ1) is 15.4. The first-order valence-electron chi connectivity index (χ1n) is 6.79. The van der Waals surface area contributed by atoms with Gasteiger partial charge >= 0.3 is 0 Å². The molecule has 118 valence electrons. The van der Waals surface area contributed by atoms with E-state index in [0.717, 1.165) is 5.56 Å². The topological polar surface area (TPSA) is 95.9 Å². The van der Waals surface area contributed by atoms with Gasteiger partial charge in [0.2, 0.25) is 5.95 Å². The number of methoxy groups -OCH3 is 1. The molecule has 0 aliphatic rings. The van der Waals surface area contributed by atoms with Crippen molar-refractivity contribution >= 4 is 38.8 Å². The molecule has 0 aliphatic carbocycles. The summed E-state index contributed by atoms with van der Waals surface area (Å²) in [5.41, 5.74) is 7.95. The Hall–Kier alpha value is -2.48. The molecule has 7 nitrogen and oxygen atoms in total. The summed E-state index contributed by atoms with van der Waals surface area (Å²) in [5, 5.41) is 0.698. The third-order valence-corrected chi connectivity index (χ3v) is 4.19. The Labute approximate surface area is 140 Å². The Balaban J connectivity index is 2.19. The summed E-state index contributed by atoms with van der Waals surface area (Å²) in [4.78, 5) is 25.3. The van der Waals surface area contributed by atoms with Crippen molar-refractivity contribution in [3.05, 3.63) is 39.9 Å². The quantitative estimate of drug-likeness (QED) is 0.691. The standard InChI is InChI=1S/C15H14BrN5O2/c1-7-6-18-10(8(2)11(7)23-3)14(22)21-5-4-9-12(16)19-15(17)20-13(9)21/h4-6H,1-3H3,(H2,17,19,20). The van der Waals surface area contributed by atoms with Crippen LogP contribution in [0.3, 0.4) is 0 Å². The SMILES string of the molecule is COc1c(C)cnc(C(=O)n2ccc3c(Br)nc(N)nc32)c1C. The van der Waals surface area contributed by atoms with Crippen molar-refractivity contribution in [3.63, 3.8) is 0 Å². The minimum absolute atomic E-state index is 0.0864. The van der Waals surface area contributed by atoms with Gasteiger partial charge in [0.25, 0.3) is 5.91 Å². The minimum atomic E-state index is -0.305. The number of hydrogen-bond donors (Lipinski definition) is 1. The van der Waals surface area contributed by atoms with Crippen LogP contribution in [0.25, 0.3) is 11.0 Å². The number of nitrogens with two attached hydrogens (primary N) is 1. The second kappa shape index (κ2) is 5.62. The minimum Gasteiger partial charge on any atom is -0.496 e. The number of anilines is 1. The molecule has 3 rings (SSSR count). The Bertz CT molecular complexity index is 935. The number of hydrogen-bond acceptors (Lipinski definition) is 6. The molecule has 3 aromatic heterocycles. The number of rotatable bonds is 2. The van der Waals surface area contributed by atoms with Gasteiger partial charge in [-0.1, -0.05) is 0 Å². The second-order valence-corrected chi connectivity index (χ2v) is 5.80. The molecule has 3 heterocycles. The number of fused-ring (bicyclic) bond motifs is 1. The van der Waals surface area contributed by atoms with Gasteiger partial charge < -0.3 is 10.5 Å². The Morgan fingerprint density at radius 2 is 2.09 bits per heavy atom. The molecule has 0 aromatic carbocycles. The highest BCUT2D eigenvalue weighted by molar-refractivity contribution is 9.10. The van der Waals surface area contributed by atoms with Crippen LogP contribution >= 0.6 is 15.9 Å². The van der Waals surface area contributed by atoms with E-state index in [-0.39, 0.29) is 11.9 Å². The molecule has 0 atom stereocenters. The summed E-state index contributed by atoms with van der Waals surface area (Å²) in [7, 11) is 1.57. The van der Waals surface area contributed by atoms with Crippen molar-refractivity contribution in [3.8, 4) is 5.75 Å². The normalized spacial score (nSPS) is 11.0. The number of ether oxygens (including phenoxy) is 1. The van der Waals surface area contributed by atoms with E-state index in [2.05, 4.69) is 30.9 Å². The smallest absolute Gasteiger partial charge is 0.282 e. The average Bonchev–Trinajstić information content (AvgIpc) is 2.91. The Morgan fingerprint density at radius 1 is 1.35 bits per heavy atom. The first-order chi connectivity index (χ1) is 10.9. The van der Waals surface area contributed by atoms with E-state index in [4.69, 9.17) is 10.5 Å². The van der Waals surface area contributed by atoms with E-state index in [1.165, 1.54) is 4.57 Å². The van der Waals surface area contributed by atoms with Gasteiger partial charge in [0.05, 0.1) is 12.5 Å². The van der Waals surface area contributed by atoms with Crippen molar-refractivity contribution in [2.45, 2.75) is 13.8 Å². The first-order valence-corrected chi connectivity index (χ1v) is 7.58.